The molecule has 0 rings (SSSR count). The van der Waals surface area contributed by atoms with Gasteiger partial charge in [-0.05, 0) is 0 Å². The Labute approximate surface area is 113 Å². The van der Waals surface area contributed by atoms with Crippen LogP contribution in [0.4, 0.5) is 0 Å². The van der Waals surface area contributed by atoms with Crippen molar-refractivity contribution in [3.05, 3.63) is 0 Å². The zero-order valence-corrected chi connectivity index (χ0v) is 10.3. The Morgan fingerprint density at radius 1 is 0.867 bits per heavy atom. The third-order valence-electron chi connectivity index (χ3n) is 2.16. The SMILES string of the molecule is [B]B([B])B([B]C)B(B([B])[B])B([B])[B].[NH2+]=[V]. The molecule has 15 heavy (non-hydrogen) atoms. The summed E-state index contributed by atoms with van der Waals surface area (Å²) in [5.41, 5.74) is 0. The normalized spacial score (nSPS) is 7.73. The van der Waals surface area contributed by atoms with E-state index in [0.29, 0.717) is 0 Å². The molecule has 0 saturated carbocycles. The molecule has 0 aliphatic carbocycles. The molecule has 0 fully saturated rings. The molecule has 0 aliphatic heterocycles. The standard InChI is InChI=1S/CH3B12.H2N.V/c1-8-12(9(2)3)13(10(4)5)11(6)7;;/h1H3;1H2;/q;-1;+2. The van der Waals surface area contributed by atoms with Crippen LogP contribution < -0.4 is 4.21 Å². The van der Waals surface area contributed by atoms with Crippen LogP contribution in [0, 0.1) is 0 Å². The van der Waals surface area contributed by atoms with Crippen LogP contribution in [-0.2, 0) is 17.2 Å². The summed E-state index contributed by atoms with van der Waals surface area (Å²) in [6.45, 7) is 1.83. The van der Waals surface area contributed by atoms with Crippen molar-refractivity contribution in [2.45, 2.75) is 6.82 Å². The number of nitrogens with two attached hydrogens (primary N) is 1. The van der Waals surface area contributed by atoms with Gasteiger partial charge in [-0.25, -0.2) is 0 Å². The van der Waals surface area contributed by atoms with E-state index in [1.165, 1.54) is 0 Å². The Hall–Kier alpha value is 1.16. The average Bonchev–Trinajstić information content (AvgIpc) is 2.15. The predicted molar refractivity (Wildman–Crippen MR) is 76.8 cm³/mol. The van der Waals surface area contributed by atoms with Gasteiger partial charge in [0.15, 0.2) is 0 Å². The monoisotopic (exact) mass is 214 g/mol. The number of rotatable bonds is 5. The predicted octanol–water partition coefficient (Wildman–Crippen LogP) is -5.51. The summed E-state index contributed by atoms with van der Waals surface area (Å²) >= 11 is 1.81. The van der Waals surface area contributed by atoms with Crippen LogP contribution in [0.1, 0.15) is 0 Å². The van der Waals surface area contributed by atoms with Gasteiger partial charge >= 0.3 is 21.4 Å². The fraction of sp³-hybridized carbons (Fsp3) is 1.00. The van der Waals surface area contributed by atoms with Crippen molar-refractivity contribution >= 4 is 85.5 Å². The third-order valence-corrected chi connectivity index (χ3v) is 2.16. The first-order valence-electron chi connectivity index (χ1n) is 4.50. The topological polar surface area (TPSA) is 25.6 Å². The van der Waals surface area contributed by atoms with Crippen LogP contribution in [0.3, 0.4) is 0 Å². The molecule has 13 radical (unpaired) electrons. The molecule has 0 saturated heterocycles. The Morgan fingerprint density at radius 2 is 1.20 bits per heavy atom. The van der Waals surface area contributed by atoms with Crippen LogP contribution in [0.2, 0.25) is 6.82 Å². The molecule has 0 aromatic rings. The van der Waals surface area contributed by atoms with Crippen molar-refractivity contribution in [3.8, 4) is 0 Å². The Morgan fingerprint density at radius 3 is 1.27 bits per heavy atom. The summed E-state index contributed by atoms with van der Waals surface area (Å²) in [7, 11) is 35.1. The molecule has 0 aliphatic rings. The van der Waals surface area contributed by atoms with Gasteiger partial charge in [0.1, 0.15) is 0 Å². The third kappa shape index (κ3) is 7.15. The molecule has 0 bridgehead atoms. The van der Waals surface area contributed by atoms with E-state index in [1.807, 2.05) is 31.2 Å². The van der Waals surface area contributed by atoms with Crippen molar-refractivity contribution in [1.29, 1.82) is 0 Å². The van der Waals surface area contributed by atoms with Gasteiger partial charge in [0.2, 0.25) is 0 Å². The zero-order valence-electron chi connectivity index (χ0n) is 8.95. The van der Waals surface area contributed by atoms with Crippen LogP contribution in [0.15, 0.2) is 0 Å². The molecule has 0 unspecified atom stereocenters. The van der Waals surface area contributed by atoms with E-state index in [9.17, 15) is 0 Å². The van der Waals surface area contributed by atoms with Gasteiger partial charge in [-0.1, -0.05) is 0 Å². The minimum atomic E-state index is -0.615. The maximum absolute atomic E-state index is 5.55. The van der Waals surface area contributed by atoms with Crippen LogP contribution in [0.25, 0.3) is 0 Å². The Balaban J connectivity index is 0. The van der Waals surface area contributed by atoms with Crippen molar-refractivity contribution in [2.75, 3.05) is 0 Å². The Bertz CT molecular complexity index is 141. The van der Waals surface area contributed by atoms with Crippen LogP contribution in [0.5, 0.6) is 0 Å². The van der Waals surface area contributed by atoms with Crippen molar-refractivity contribution in [1.82, 2.24) is 0 Å². The first kappa shape index (κ1) is 18.5. The maximum atomic E-state index is 5.55. The summed E-state index contributed by atoms with van der Waals surface area (Å²) in [6.07, 6.45) is -2.24. The van der Waals surface area contributed by atoms with E-state index in [1.54, 1.807) is 0 Å². The molecule has 0 aromatic carbocycles. The van der Waals surface area contributed by atoms with E-state index >= 15 is 0 Å². The van der Waals surface area contributed by atoms with E-state index in [4.69, 9.17) is 46.4 Å². The number of hydrogen-bond donors (Lipinski definition) is 1. The first-order chi connectivity index (χ1) is 6.91. The van der Waals surface area contributed by atoms with Crippen molar-refractivity contribution in [2.24, 2.45) is 0 Å². The van der Waals surface area contributed by atoms with Gasteiger partial charge in [0.25, 0.3) is 0 Å². The summed E-state index contributed by atoms with van der Waals surface area (Å²) in [5, 5.41) is 0. The second-order valence-electron chi connectivity index (χ2n) is 3.22. The fourth-order valence-corrected chi connectivity index (χ4v) is 1.47. The molecular formula is CH5B12NV+. The molecule has 0 amide bonds. The summed E-state index contributed by atoms with van der Waals surface area (Å²) < 4.78 is 4.44. The molecule has 0 aromatic heterocycles. The molecule has 0 spiro atoms. The van der Waals surface area contributed by atoms with Gasteiger partial charge in [-0.15, -0.1) is 6.82 Å². The van der Waals surface area contributed by atoms with E-state index in [-0.39, 0.29) is 12.8 Å². The molecular weight excluding hydrogens is 207 g/mol. The van der Waals surface area contributed by atoms with Gasteiger partial charge in [-0.2, -0.15) is 0 Å². The van der Waals surface area contributed by atoms with E-state index < -0.39 is 19.2 Å². The van der Waals surface area contributed by atoms with Gasteiger partial charge in [0.05, 0.1) is 7.17 Å². The van der Waals surface area contributed by atoms with Crippen LogP contribution >= 0.6 is 0 Å². The zero-order chi connectivity index (χ0) is 12.6. The fourth-order valence-electron chi connectivity index (χ4n) is 1.47. The van der Waals surface area contributed by atoms with Gasteiger partial charge in [-0.3, -0.25) is 0 Å². The number of hydrogen-bond acceptors (Lipinski definition) is 0. The second kappa shape index (κ2) is 10.3. The van der Waals surface area contributed by atoms with E-state index in [2.05, 4.69) is 4.21 Å². The molecule has 0 heterocycles. The van der Waals surface area contributed by atoms with E-state index in [0.717, 1.165) is 0 Å². The molecule has 1 nitrogen and oxygen atoms in total. The van der Waals surface area contributed by atoms with Crippen LogP contribution in [-0.4, -0.2) is 85.5 Å². The van der Waals surface area contributed by atoms with Gasteiger partial charge in [0, 0.05) is 78.3 Å². The molecule has 2 N–H and O–H groups in total. The first-order valence-corrected chi connectivity index (χ1v) is 5.31. The summed E-state index contributed by atoms with van der Waals surface area (Å²) in [5.74, 6) is 0. The molecule has 14 heteroatoms. The second-order valence-corrected chi connectivity index (χ2v) is 3.22. The quantitative estimate of drug-likeness (QED) is 0.440. The van der Waals surface area contributed by atoms with Gasteiger partial charge < -0.3 is 0 Å². The van der Waals surface area contributed by atoms with Crippen molar-refractivity contribution in [3.63, 3.8) is 0 Å². The van der Waals surface area contributed by atoms with Crippen molar-refractivity contribution < 1.29 is 21.4 Å². The molecule has 0 atom stereocenters. The Kier molecular flexibility index (Phi) is 12.8. The summed E-state index contributed by atoms with van der Waals surface area (Å²) in [6, 6.07) is 0. The minimum absolute atomic E-state index is 0.167. The summed E-state index contributed by atoms with van der Waals surface area (Å²) in [4.78, 5) is 0. The average molecular weight is 212 g/mol. The molecule has 54 valence electrons.